The normalized spacial score (nSPS) is 19.4. The van der Waals surface area contributed by atoms with Gasteiger partial charge in [0.25, 0.3) is 0 Å². The van der Waals surface area contributed by atoms with E-state index in [1.807, 2.05) is 6.07 Å². The molecule has 108 valence electrons. The molecule has 1 N–H and O–H groups in total. The zero-order valence-corrected chi connectivity index (χ0v) is 12.0. The van der Waals surface area contributed by atoms with Gasteiger partial charge >= 0.3 is 0 Å². The zero-order valence-electron chi connectivity index (χ0n) is 11.2. The monoisotopic (exact) mass is 294 g/mol. The van der Waals surface area contributed by atoms with E-state index in [-0.39, 0.29) is 11.7 Å². The lowest BCUT2D eigenvalue weighted by molar-refractivity contribution is 0.0568. The van der Waals surface area contributed by atoms with E-state index in [2.05, 4.69) is 4.72 Å². The number of nitrogens with one attached hydrogen (secondary N) is 1. The van der Waals surface area contributed by atoms with Crippen molar-refractivity contribution in [1.82, 2.24) is 4.72 Å². The van der Waals surface area contributed by atoms with E-state index in [1.165, 1.54) is 0 Å². The van der Waals surface area contributed by atoms with Gasteiger partial charge in [0.15, 0.2) is 0 Å². The van der Waals surface area contributed by atoms with E-state index in [1.54, 1.807) is 24.3 Å². The molecule has 0 spiro atoms. The Morgan fingerprint density at radius 1 is 1.35 bits per heavy atom. The first-order chi connectivity index (χ1) is 9.59. The highest BCUT2D eigenvalue weighted by Gasteiger charge is 2.18. The molecule has 1 unspecified atom stereocenters. The fourth-order valence-corrected chi connectivity index (χ4v) is 3.38. The average Bonchev–Trinajstić information content (AvgIpc) is 2.47. The summed E-state index contributed by atoms with van der Waals surface area (Å²) in [6, 6.07) is 8.59. The van der Waals surface area contributed by atoms with Crippen molar-refractivity contribution in [3.8, 4) is 6.07 Å². The van der Waals surface area contributed by atoms with Crippen LogP contribution in [0.1, 0.15) is 24.0 Å². The van der Waals surface area contributed by atoms with Gasteiger partial charge in [0.05, 0.1) is 24.0 Å². The molecule has 0 saturated carbocycles. The Bertz CT molecular complexity index is 569. The van der Waals surface area contributed by atoms with Gasteiger partial charge in [0, 0.05) is 13.2 Å². The number of hydrogen-bond donors (Lipinski definition) is 1. The number of sulfonamides is 1. The van der Waals surface area contributed by atoms with E-state index in [4.69, 9.17) is 10.00 Å². The van der Waals surface area contributed by atoms with Crippen molar-refractivity contribution in [2.45, 2.75) is 18.6 Å². The van der Waals surface area contributed by atoms with Crippen LogP contribution < -0.4 is 4.72 Å². The van der Waals surface area contributed by atoms with Gasteiger partial charge in [0.2, 0.25) is 10.0 Å². The molecule has 1 heterocycles. The Balaban J connectivity index is 1.87. The third kappa shape index (κ3) is 4.60. The van der Waals surface area contributed by atoms with Gasteiger partial charge in [-0.25, -0.2) is 13.1 Å². The lowest BCUT2D eigenvalue weighted by Gasteiger charge is -2.22. The minimum atomic E-state index is -3.34. The molecule has 2 rings (SSSR count). The molecule has 6 heteroatoms. The smallest absolute Gasteiger partial charge is 0.215 e. The number of nitrogens with zero attached hydrogens (tertiary/aromatic N) is 1. The van der Waals surface area contributed by atoms with Crippen LogP contribution in [0.2, 0.25) is 0 Å². The summed E-state index contributed by atoms with van der Waals surface area (Å²) in [5, 5.41) is 8.70. The highest BCUT2D eigenvalue weighted by Crippen LogP contribution is 2.13. The topological polar surface area (TPSA) is 79.2 Å². The van der Waals surface area contributed by atoms with Crippen LogP contribution in [0, 0.1) is 17.2 Å². The first-order valence-corrected chi connectivity index (χ1v) is 8.28. The fourth-order valence-electron chi connectivity index (χ4n) is 2.16. The molecule has 1 fully saturated rings. The highest BCUT2D eigenvalue weighted by molar-refractivity contribution is 7.88. The van der Waals surface area contributed by atoms with Gasteiger partial charge in [0.1, 0.15) is 0 Å². The Morgan fingerprint density at radius 3 is 2.70 bits per heavy atom. The summed E-state index contributed by atoms with van der Waals surface area (Å²) in [7, 11) is -3.34. The van der Waals surface area contributed by atoms with Crippen molar-refractivity contribution in [3.05, 3.63) is 35.4 Å². The largest absolute Gasteiger partial charge is 0.381 e. The first kappa shape index (κ1) is 15.0. The second-order valence-corrected chi connectivity index (χ2v) is 6.81. The third-order valence-electron chi connectivity index (χ3n) is 3.29. The second kappa shape index (κ2) is 6.84. The lowest BCUT2D eigenvalue weighted by Crippen LogP contribution is -2.33. The van der Waals surface area contributed by atoms with Crippen molar-refractivity contribution in [3.63, 3.8) is 0 Å². The van der Waals surface area contributed by atoms with Gasteiger partial charge in [-0.15, -0.1) is 0 Å². The summed E-state index contributed by atoms with van der Waals surface area (Å²) in [5.41, 5.74) is 1.20. The zero-order chi connectivity index (χ0) is 14.4. The maximum absolute atomic E-state index is 12.0. The van der Waals surface area contributed by atoms with Crippen molar-refractivity contribution < 1.29 is 13.2 Å². The number of hydrogen-bond acceptors (Lipinski definition) is 4. The summed E-state index contributed by atoms with van der Waals surface area (Å²) in [6.45, 7) is 1.83. The molecule has 5 nitrogen and oxygen atoms in total. The molecular formula is C14H18N2O3S. The van der Waals surface area contributed by atoms with Crippen LogP contribution >= 0.6 is 0 Å². The van der Waals surface area contributed by atoms with Crippen LogP contribution in [0.3, 0.4) is 0 Å². The third-order valence-corrected chi connectivity index (χ3v) is 4.61. The summed E-state index contributed by atoms with van der Waals surface area (Å²) in [6.07, 6.45) is 1.99. The molecule has 1 aromatic rings. The lowest BCUT2D eigenvalue weighted by atomic mass is 10.0. The number of rotatable bonds is 5. The van der Waals surface area contributed by atoms with Crippen molar-refractivity contribution >= 4 is 10.0 Å². The number of ether oxygens (including phenoxy) is 1. The highest BCUT2D eigenvalue weighted by atomic mass is 32.2. The molecule has 1 atom stereocenters. The predicted octanol–water partition coefficient (Wildman–Crippen LogP) is 1.40. The quantitative estimate of drug-likeness (QED) is 0.890. The van der Waals surface area contributed by atoms with Crippen LogP contribution in [0.4, 0.5) is 0 Å². The molecule has 0 amide bonds. The molecule has 1 aromatic carbocycles. The van der Waals surface area contributed by atoms with E-state index in [0.29, 0.717) is 24.3 Å². The molecular weight excluding hydrogens is 276 g/mol. The minimum Gasteiger partial charge on any atom is -0.381 e. The van der Waals surface area contributed by atoms with Gasteiger partial charge in [-0.1, -0.05) is 12.1 Å². The van der Waals surface area contributed by atoms with Crippen LogP contribution in [-0.2, 0) is 20.5 Å². The van der Waals surface area contributed by atoms with E-state index < -0.39 is 10.0 Å². The van der Waals surface area contributed by atoms with Crippen LogP contribution in [0.25, 0.3) is 0 Å². The van der Waals surface area contributed by atoms with Crippen molar-refractivity contribution in [2.24, 2.45) is 5.92 Å². The Kier molecular flexibility index (Phi) is 5.12. The van der Waals surface area contributed by atoms with E-state index >= 15 is 0 Å². The van der Waals surface area contributed by atoms with Crippen molar-refractivity contribution in [2.75, 3.05) is 19.8 Å². The molecule has 20 heavy (non-hydrogen) atoms. The second-order valence-electron chi connectivity index (χ2n) is 5.00. The van der Waals surface area contributed by atoms with Gasteiger partial charge < -0.3 is 4.74 Å². The van der Waals surface area contributed by atoms with Crippen LogP contribution in [0.5, 0.6) is 0 Å². The Hall–Kier alpha value is -1.42. The van der Waals surface area contributed by atoms with Crippen LogP contribution in [-0.4, -0.2) is 28.2 Å². The van der Waals surface area contributed by atoms with E-state index in [0.717, 1.165) is 19.4 Å². The first-order valence-electron chi connectivity index (χ1n) is 6.63. The SMILES string of the molecule is N#Cc1ccc(CS(=O)(=O)NCC2CCCOC2)cc1. The molecule has 0 aliphatic carbocycles. The fraction of sp³-hybridized carbons (Fsp3) is 0.500. The maximum Gasteiger partial charge on any atom is 0.215 e. The van der Waals surface area contributed by atoms with Crippen molar-refractivity contribution in [1.29, 1.82) is 5.26 Å². The Labute approximate surface area is 119 Å². The molecule has 1 aliphatic rings. The standard InChI is InChI=1S/C14H18N2O3S/c15-8-12-3-5-13(6-4-12)11-20(17,18)16-9-14-2-1-7-19-10-14/h3-6,14,16H,1-2,7,9-11H2. The number of nitriles is 1. The number of benzene rings is 1. The van der Waals surface area contributed by atoms with Gasteiger partial charge in [-0.05, 0) is 36.5 Å². The summed E-state index contributed by atoms with van der Waals surface area (Å²) >= 11 is 0. The predicted molar refractivity (Wildman–Crippen MR) is 75.3 cm³/mol. The van der Waals surface area contributed by atoms with E-state index in [9.17, 15) is 8.42 Å². The Morgan fingerprint density at radius 2 is 2.10 bits per heavy atom. The van der Waals surface area contributed by atoms with Gasteiger partial charge in [-0.3, -0.25) is 0 Å². The minimum absolute atomic E-state index is 0.0632. The average molecular weight is 294 g/mol. The molecule has 0 radical (unpaired) electrons. The van der Waals surface area contributed by atoms with Gasteiger partial charge in [-0.2, -0.15) is 5.26 Å². The molecule has 0 aromatic heterocycles. The maximum atomic E-state index is 12.0. The molecule has 1 aliphatic heterocycles. The molecule has 1 saturated heterocycles. The van der Waals surface area contributed by atoms with Crippen LogP contribution in [0.15, 0.2) is 24.3 Å². The summed E-state index contributed by atoms with van der Waals surface area (Å²) < 4.78 is 31.9. The summed E-state index contributed by atoms with van der Waals surface area (Å²) in [5.74, 6) is 0.200. The molecule has 0 bridgehead atoms. The summed E-state index contributed by atoms with van der Waals surface area (Å²) in [4.78, 5) is 0.